The molecule has 0 N–H and O–H groups in total. The fourth-order valence-electron chi connectivity index (χ4n) is 2.93. The van der Waals surface area contributed by atoms with E-state index in [4.69, 9.17) is 0 Å². The predicted octanol–water partition coefficient (Wildman–Crippen LogP) is 6.25. The maximum absolute atomic E-state index is 12.2. The van der Waals surface area contributed by atoms with Gasteiger partial charge in [-0.15, -0.1) is 0 Å². The van der Waals surface area contributed by atoms with Crippen molar-refractivity contribution in [1.29, 1.82) is 0 Å². The van der Waals surface area contributed by atoms with E-state index < -0.39 is 5.51 Å². The van der Waals surface area contributed by atoms with Gasteiger partial charge in [-0.2, -0.15) is 13.2 Å². The summed E-state index contributed by atoms with van der Waals surface area (Å²) in [4.78, 5) is 0. The fraction of sp³-hybridized carbons (Fsp3) is 1.00. The Kier molecular flexibility index (Phi) is 6.13. The normalized spacial score (nSPS) is 29.5. The van der Waals surface area contributed by atoms with E-state index in [2.05, 4.69) is 36.7 Å². The van der Waals surface area contributed by atoms with Crippen molar-refractivity contribution in [2.24, 2.45) is 16.7 Å². The molecule has 114 valence electrons. The Morgan fingerprint density at radius 3 is 2.05 bits per heavy atom. The van der Waals surface area contributed by atoms with Gasteiger partial charge < -0.3 is 0 Å². The smallest absolute Gasteiger partial charge is 0.160 e. The van der Waals surface area contributed by atoms with Crippen molar-refractivity contribution in [3.8, 4) is 0 Å². The van der Waals surface area contributed by atoms with Crippen molar-refractivity contribution in [1.82, 2.24) is 0 Å². The molecule has 0 heterocycles. The van der Waals surface area contributed by atoms with E-state index >= 15 is 0 Å². The number of thioether (sulfide) groups is 1. The summed E-state index contributed by atoms with van der Waals surface area (Å²) >= 11 is 3.66. The van der Waals surface area contributed by atoms with Crippen LogP contribution in [0.15, 0.2) is 0 Å². The van der Waals surface area contributed by atoms with E-state index in [1.165, 1.54) is 0 Å². The quantitative estimate of drug-likeness (QED) is 0.534. The molecule has 1 saturated carbocycles. The second kappa shape index (κ2) is 6.59. The van der Waals surface area contributed by atoms with Crippen molar-refractivity contribution in [3.05, 3.63) is 0 Å². The number of alkyl halides is 4. The minimum absolute atomic E-state index is 0.0833. The van der Waals surface area contributed by atoms with Crippen LogP contribution >= 0.6 is 27.7 Å². The van der Waals surface area contributed by atoms with Crippen molar-refractivity contribution in [2.75, 3.05) is 11.1 Å². The van der Waals surface area contributed by atoms with Crippen LogP contribution < -0.4 is 0 Å². The molecule has 0 unspecified atom stereocenters. The Balaban J connectivity index is 2.47. The third kappa shape index (κ3) is 5.86. The van der Waals surface area contributed by atoms with Crippen LogP contribution in [0.1, 0.15) is 52.9 Å². The molecule has 0 bridgehead atoms. The maximum Gasteiger partial charge on any atom is 0.441 e. The highest BCUT2D eigenvalue weighted by Gasteiger charge is 2.38. The molecule has 1 rings (SSSR count). The largest absolute Gasteiger partial charge is 0.441 e. The first kappa shape index (κ1) is 17.7. The topological polar surface area (TPSA) is 0 Å². The van der Waals surface area contributed by atoms with Crippen LogP contribution in [0.25, 0.3) is 0 Å². The first-order valence-electron chi connectivity index (χ1n) is 6.85. The molecule has 0 spiro atoms. The molecule has 0 atom stereocenters. The second-order valence-corrected chi connectivity index (χ2v) is 8.54. The van der Waals surface area contributed by atoms with Crippen LogP contribution in [0.3, 0.4) is 0 Å². The lowest BCUT2D eigenvalue weighted by Gasteiger charge is -2.43. The molecule has 5 heteroatoms. The van der Waals surface area contributed by atoms with Crippen LogP contribution in [-0.4, -0.2) is 16.6 Å². The van der Waals surface area contributed by atoms with Crippen molar-refractivity contribution in [2.45, 2.75) is 58.4 Å². The highest BCUT2D eigenvalue weighted by Crippen LogP contribution is 2.48. The summed E-state index contributed by atoms with van der Waals surface area (Å²) in [5.41, 5.74) is -3.69. The molecule has 1 aliphatic carbocycles. The Labute approximate surface area is 127 Å². The third-order valence-electron chi connectivity index (χ3n) is 4.45. The second-order valence-electron chi connectivity index (χ2n) is 6.82. The zero-order valence-corrected chi connectivity index (χ0v) is 14.3. The van der Waals surface area contributed by atoms with Gasteiger partial charge in [0.05, 0.1) is 0 Å². The predicted molar refractivity (Wildman–Crippen MR) is 80.8 cm³/mol. The molecule has 0 aromatic heterocycles. The van der Waals surface area contributed by atoms with Gasteiger partial charge in [0.2, 0.25) is 0 Å². The van der Waals surface area contributed by atoms with E-state index in [0.29, 0.717) is 17.8 Å². The van der Waals surface area contributed by atoms with Crippen molar-refractivity contribution >= 4 is 27.7 Å². The van der Waals surface area contributed by atoms with Crippen LogP contribution in [0.5, 0.6) is 0 Å². The average Bonchev–Trinajstić information content (AvgIpc) is 2.26. The van der Waals surface area contributed by atoms with Gasteiger partial charge in [0.15, 0.2) is 0 Å². The first-order chi connectivity index (χ1) is 8.58. The minimum Gasteiger partial charge on any atom is -0.160 e. The molecule has 0 aliphatic heterocycles. The van der Waals surface area contributed by atoms with Crippen molar-refractivity contribution in [3.63, 3.8) is 0 Å². The highest BCUT2D eigenvalue weighted by atomic mass is 79.9. The maximum atomic E-state index is 12.2. The molecule has 0 aromatic rings. The monoisotopic (exact) mass is 360 g/mol. The third-order valence-corrected chi connectivity index (χ3v) is 6.38. The molecular weight excluding hydrogens is 337 g/mol. The summed E-state index contributed by atoms with van der Waals surface area (Å²) in [7, 11) is 0. The van der Waals surface area contributed by atoms with Crippen molar-refractivity contribution < 1.29 is 13.2 Å². The number of hydrogen-bond donors (Lipinski definition) is 0. The molecule has 0 saturated heterocycles. The molecule has 0 nitrogen and oxygen atoms in total. The Morgan fingerprint density at radius 1 is 1.16 bits per heavy atom. The van der Waals surface area contributed by atoms with E-state index in [1.807, 2.05) is 0 Å². The van der Waals surface area contributed by atoms with E-state index in [1.54, 1.807) is 0 Å². The van der Waals surface area contributed by atoms with Crippen LogP contribution in [0.2, 0.25) is 0 Å². The van der Waals surface area contributed by atoms with E-state index in [-0.39, 0.29) is 22.9 Å². The fourth-order valence-corrected chi connectivity index (χ4v) is 4.54. The van der Waals surface area contributed by atoms with Gasteiger partial charge >= 0.3 is 5.51 Å². The molecule has 0 radical (unpaired) electrons. The Bertz CT molecular complexity index is 270. The summed E-state index contributed by atoms with van der Waals surface area (Å²) in [5, 5.41) is 0.829. The number of halogens is 4. The highest BCUT2D eigenvalue weighted by molar-refractivity contribution is 9.09. The summed E-state index contributed by atoms with van der Waals surface area (Å²) in [6, 6.07) is 0. The SMILES string of the molecule is CC(C)(C)C1CCC(CBr)(CCSC(F)(F)F)CC1. The molecular formula is C14H24BrF3S. The number of rotatable bonds is 4. The minimum atomic E-state index is -4.09. The summed E-state index contributed by atoms with van der Waals surface area (Å²) < 4.78 is 36.6. The summed E-state index contributed by atoms with van der Waals surface area (Å²) in [6.07, 6.45) is 5.06. The van der Waals surface area contributed by atoms with Gasteiger partial charge in [0.1, 0.15) is 0 Å². The molecule has 19 heavy (non-hydrogen) atoms. The first-order valence-corrected chi connectivity index (χ1v) is 8.95. The average molecular weight is 361 g/mol. The van der Waals surface area contributed by atoms with Crippen LogP contribution in [0.4, 0.5) is 13.2 Å². The summed E-state index contributed by atoms with van der Waals surface area (Å²) in [6.45, 7) is 6.79. The standard InChI is InChI=1S/C14H24BrF3S/c1-12(2,3)11-4-6-13(10-15,7-5-11)8-9-19-14(16,17)18/h11H,4-10H2,1-3H3. The lowest BCUT2D eigenvalue weighted by atomic mass is 9.64. The van der Waals surface area contributed by atoms with E-state index in [9.17, 15) is 13.2 Å². The van der Waals surface area contributed by atoms with Gasteiger partial charge in [-0.05, 0) is 48.9 Å². The molecule has 0 aromatic carbocycles. The van der Waals surface area contributed by atoms with E-state index in [0.717, 1.165) is 31.0 Å². The van der Waals surface area contributed by atoms with Gasteiger partial charge in [-0.1, -0.05) is 48.5 Å². The van der Waals surface area contributed by atoms with Crippen LogP contribution in [0, 0.1) is 16.7 Å². The molecule has 1 fully saturated rings. The van der Waals surface area contributed by atoms with Gasteiger partial charge in [-0.25, -0.2) is 0 Å². The lowest BCUT2D eigenvalue weighted by molar-refractivity contribution is -0.0329. The Hall–Kier alpha value is 0.620. The number of hydrogen-bond acceptors (Lipinski definition) is 1. The Morgan fingerprint density at radius 2 is 1.68 bits per heavy atom. The van der Waals surface area contributed by atoms with Gasteiger partial charge in [0, 0.05) is 11.1 Å². The van der Waals surface area contributed by atoms with Gasteiger partial charge in [-0.3, -0.25) is 0 Å². The zero-order valence-electron chi connectivity index (χ0n) is 11.9. The lowest BCUT2D eigenvalue weighted by Crippen LogP contribution is -2.34. The van der Waals surface area contributed by atoms with Crippen LogP contribution in [-0.2, 0) is 0 Å². The van der Waals surface area contributed by atoms with Gasteiger partial charge in [0.25, 0.3) is 0 Å². The molecule has 0 amide bonds. The zero-order chi connectivity index (χ0) is 14.7. The molecule has 1 aliphatic rings. The summed E-state index contributed by atoms with van der Waals surface area (Å²) in [5.74, 6) is 0.893.